The van der Waals surface area contributed by atoms with Crippen molar-refractivity contribution in [2.45, 2.75) is 36.8 Å². The molecule has 128 valence electrons. The summed E-state index contributed by atoms with van der Waals surface area (Å²) in [5.41, 5.74) is 1.63. The monoisotopic (exact) mass is 331 g/mol. The number of nitrogens with zero attached hydrogens (tertiary/aromatic N) is 1. The molecule has 0 amide bonds. The highest BCUT2D eigenvalue weighted by atomic mass is 16.7. The van der Waals surface area contributed by atoms with Crippen LogP contribution in [0.4, 0.5) is 0 Å². The minimum absolute atomic E-state index is 0.200. The van der Waals surface area contributed by atoms with E-state index in [9.17, 15) is 10.2 Å². The highest BCUT2D eigenvalue weighted by Gasteiger charge is 2.61. The highest BCUT2D eigenvalue weighted by Crippen LogP contribution is 2.57. The van der Waals surface area contributed by atoms with E-state index in [1.54, 1.807) is 0 Å². The van der Waals surface area contributed by atoms with Gasteiger partial charge in [-0.25, -0.2) is 0 Å². The Labute approximate surface area is 140 Å². The smallest absolute Gasteiger partial charge is 0.231 e. The minimum Gasteiger partial charge on any atom is -0.507 e. The van der Waals surface area contributed by atoms with Crippen LogP contribution in [-0.4, -0.2) is 53.7 Å². The van der Waals surface area contributed by atoms with Gasteiger partial charge in [-0.2, -0.15) is 0 Å². The van der Waals surface area contributed by atoms with Gasteiger partial charge in [0.05, 0.1) is 12.6 Å². The number of aliphatic hydroxyl groups excluding tert-OH is 2. The molecule has 1 aliphatic carbocycles. The molecular weight excluding hydrogens is 310 g/mol. The average molecular weight is 331 g/mol. The van der Waals surface area contributed by atoms with Crippen molar-refractivity contribution in [2.24, 2.45) is 0 Å². The zero-order valence-corrected chi connectivity index (χ0v) is 13.6. The largest absolute Gasteiger partial charge is 0.507 e. The summed E-state index contributed by atoms with van der Waals surface area (Å²) in [5.74, 6) is 1.74. The molecule has 1 fully saturated rings. The molecule has 1 aromatic rings. The van der Waals surface area contributed by atoms with Crippen LogP contribution in [0.15, 0.2) is 23.7 Å². The van der Waals surface area contributed by atoms with Gasteiger partial charge in [0.25, 0.3) is 0 Å². The van der Waals surface area contributed by atoms with Gasteiger partial charge in [-0.05, 0) is 49.1 Å². The van der Waals surface area contributed by atoms with Crippen molar-refractivity contribution in [3.8, 4) is 11.5 Å². The zero-order valence-electron chi connectivity index (χ0n) is 13.6. The standard InChI is InChI=1S/C18H21NO5/c1-22-16-15(20)14-11-8-13-12(23-9-24-13)7-10(11)3-6-19-5-2-4-18(14,19)17(16)21/h7-8,14-15,20-21H,2-6,9H2,1H3/t14-,15+,18-/m1/s1. The van der Waals surface area contributed by atoms with Crippen molar-refractivity contribution in [1.29, 1.82) is 0 Å². The topological polar surface area (TPSA) is 71.4 Å². The molecule has 6 heteroatoms. The van der Waals surface area contributed by atoms with E-state index < -0.39 is 11.6 Å². The quantitative estimate of drug-likeness (QED) is 0.816. The second kappa shape index (κ2) is 4.80. The van der Waals surface area contributed by atoms with Crippen molar-refractivity contribution < 1.29 is 24.4 Å². The summed E-state index contributed by atoms with van der Waals surface area (Å²) in [6.07, 6.45) is 1.84. The molecule has 0 aromatic heterocycles. The molecule has 4 aliphatic rings. The SMILES string of the molecule is COC1=C(O)[C@]23CCCN2CCc2cc4c(cc2[C@@H]3[C@@H]1O)OCO4. The number of benzene rings is 1. The third-order valence-electron chi connectivity index (χ3n) is 6.13. The summed E-state index contributed by atoms with van der Waals surface area (Å²) in [4.78, 5) is 2.31. The fourth-order valence-corrected chi connectivity index (χ4v) is 5.15. The van der Waals surface area contributed by atoms with Gasteiger partial charge in [0.15, 0.2) is 23.0 Å². The number of hydrogen-bond acceptors (Lipinski definition) is 6. The van der Waals surface area contributed by atoms with E-state index in [2.05, 4.69) is 4.90 Å². The van der Waals surface area contributed by atoms with Gasteiger partial charge in [0.1, 0.15) is 6.10 Å². The van der Waals surface area contributed by atoms with Crippen LogP contribution < -0.4 is 9.47 Å². The number of ether oxygens (including phenoxy) is 3. The maximum Gasteiger partial charge on any atom is 0.231 e. The van der Waals surface area contributed by atoms with Crippen LogP contribution >= 0.6 is 0 Å². The summed E-state index contributed by atoms with van der Waals surface area (Å²) >= 11 is 0. The van der Waals surface area contributed by atoms with Crippen LogP contribution in [0.3, 0.4) is 0 Å². The molecule has 3 heterocycles. The molecule has 5 rings (SSSR count). The number of hydrogen-bond donors (Lipinski definition) is 2. The predicted octanol–water partition coefficient (Wildman–Crippen LogP) is 1.68. The lowest BCUT2D eigenvalue weighted by atomic mass is 9.77. The summed E-state index contributed by atoms with van der Waals surface area (Å²) in [5, 5.41) is 21.9. The van der Waals surface area contributed by atoms with E-state index in [0.29, 0.717) is 11.5 Å². The van der Waals surface area contributed by atoms with Crippen molar-refractivity contribution in [1.82, 2.24) is 4.90 Å². The lowest BCUT2D eigenvalue weighted by Gasteiger charge is -2.39. The van der Waals surface area contributed by atoms with Crippen LogP contribution in [0.5, 0.6) is 11.5 Å². The van der Waals surface area contributed by atoms with E-state index >= 15 is 0 Å². The van der Waals surface area contributed by atoms with E-state index in [-0.39, 0.29) is 18.5 Å². The van der Waals surface area contributed by atoms with Gasteiger partial charge in [0, 0.05) is 12.5 Å². The first-order valence-corrected chi connectivity index (χ1v) is 8.50. The molecule has 0 saturated carbocycles. The van der Waals surface area contributed by atoms with E-state index in [1.807, 2.05) is 12.1 Å². The number of fused-ring (bicyclic) bond motifs is 3. The second-order valence-corrected chi connectivity index (χ2v) is 7.01. The van der Waals surface area contributed by atoms with Crippen LogP contribution in [0.25, 0.3) is 0 Å². The van der Waals surface area contributed by atoms with Crippen molar-refractivity contribution in [2.75, 3.05) is 27.0 Å². The Morgan fingerprint density at radius 3 is 2.83 bits per heavy atom. The first kappa shape index (κ1) is 14.4. The van der Waals surface area contributed by atoms with Crippen LogP contribution in [0, 0.1) is 0 Å². The summed E-state index contributed by atoms with van der Waals surface area (Å²) < 4.78 is 16.4. The number of aliphatic hydroxyl groups is 2. The fraction of sp³-hybridized carbons (Fsp3) is 0.556. The van der Waals surface area contributed by atoms with Crippen molar-refractivity contribution in [3.63, 3.8) is 0 Å². The third kappa shape index (κ3) is 1.58. The Morgan fingerprint density at radius 1 is 1.25 bits per heavy atom. The predicted molar refractivity (Wildman–Crippen MR) is 85.2 cm³/mol. The zero-order chi connectivity index (χ0) is 16.5. The lowest BCUT2D eigenvalue weighted by molar-refractivity contribution is 0.0674. The van der Waals surface area contributed by atoms with Gasteiger partial charge < -0.3 is 24.4 Å². The Kier molecular flexibility index (Phi) is 2.89. The Morgan fingerprint density at radius 2 is 2.04 bits per heavy atom. The molecule has 0 unspecified atom stereocenters. The molecule has 0 radical (unpaired) electrons. The van der Waals surface area contributed by atoms with Gasteiger partial charge in [-0.15, -0.1) is 0 Å². The highest BCUT2D eigenvalue weighted by molar-refractivity contribution is 5.54. The fourth-order valence-electron chi connectivity index (χ4n) is 5.15. The molecule has 1 spiro atoms. The molecule has 1 saturated heterocycles. The van der Waals surface area contributed by atoms with E-state index in [4.69, 9.17) is 14.2 Å². The summed E-state index contributed by atoms with van der Waals surface area (Å²) in [7, 11) is 1.51. The van der Waals surface area contributed by atoms with Crippen LogP contribution in [0.2, 0.25) is 0 Å². The maximum atomic E-state index is 11.0. The molecule has 2 N–H and O–H groups in total. The average Bonchev–Trinajstić information content (AvgIpc) is 3.22. The van der Waals surface area contributed by atoms with Gasteiger partial charge in [0.2, 0.25) is 6.79 Å². The van der Waals surface area contributed by atoms with Crippen molar-refractivity contribution >= 4 is 0 Å². The van der Waals surface area contributed by atoms with Crippen molar-refractivity contribution in [3.05, 3.63) is 34.8 Å². The Hall–Kier alpha value is -1.92. The molecule has 3 aliphatic heterocycles. The van der Waals surface area contributed by atoms with Crippen LogP contribution in [0.1, 0.15) is 29.9 Å². The van der Waals surface area contributed by atoms with E-state index in [1.165, 1.54) is 7.11 Å². The molecule has 1 aromatic carbocycles. The molecule has 0 bridgehead atoms. The Bertz CT molecular complexity index is 745. The van der Waals surface area contributed by atoms with E-state index in [0.717, 1.165) is 49.2 Å². The lowest BCUT2D eigenvalue weighted by Crippen LogP contribution is -2.49. The Balaban J connectivity index is 1.73. The normalized spacial score (nSPS) is 33.9. The molecule has 6 nitrogen and oxygen atoms in total. The molecular formula is C18H21NO5. The number of methoxy groups -OCH3 is 1. The summed E-state index contributed by atoms with van der Waals surface area (Å²) in [6, 6.07) is 4.02. The first-order valence-electron chi connectivity index (χ1n) is 8.50. The second-order valence-electron chi connectivity index (χ2n) is 7.01. The first-order chi connectivity index (χ1) is 11.7. The van der Waals surface area contributed by atoms with Crippen LogP contribution in [-0.2, 0) is 11.2 Å². The minimum atomic E-state index is -0.854. The molecule has 3 atom stereocenters. The molecule has 24 heavy (non-hydrogen) atoms. The van der Waals surface area contributed by atoms with Gasteiger partial charge in [-0.1, -0.05) is 0 Å². The summed E-state index contributed by atoms with van der Waals surface area (Å²) in [6.45, 7) is 2.00. The number of rotatable bonds is 1. The third-order valence-corrected chi connectivity index (χ3v) is 6.13. The maximum absolute atomic E-state index is 11.0. The van der Waals surface area contributed by atoms with Gasteiger partial charge in [-0.3, -0.25) is 4.90 Å². The van der Waals surface area contributed by atoms with Gasteiger partial charge >= 0.3 is 0 Å².